The van der Waals surface area contributed by atoms with E-state index >= 15 is 0 Å². The first kappa shape index (κ1) is 10.7. The Labute approximate surface area is 81.6 Å². The lowest BCUT2D eigenvalue weighted by molar-refractivity contribution is 0.187. The van der Waals surface area contributed by atoms with E-state index in [1.165, 1.54) is 32.1 Å². The summed E-state index contributed by atoms with van der Waals surface area (Å²) in [6.45, 7) is 6.07. The van der Waals surface area contributed by atoms with E-state index in [0.29, 0.717) is 11.5 Å². The van der Waals surface area contributed by atoms with Gasteiger partial charge in [0.25, 0.3) is 0 Å². The summed E-state index contributed by atoms with van der Waals surface area (Å²) in [5.74, 6) is 5.60. The van der Waals surface area contributed by atoms with Gasteiger partial charge in [-0.3, -0.25) is 11.3 Å². The van der Waals surface area contributed by atoms with Crippen LogP contribution < -0.4 is 11.3 Å². The standard InChI is InChI=1S/C11H22N2/c1-3-7-10(13-12)11(4-2)8-5-6-9-11/h3,10,13H,1,4-9,12H2,2H3. The van der Waals surface area contributed by atoms with Gasteiger partial charge < -0.3 is 0 Å². The van der Waals surface area contributed by atoms with Gasteiger partial charge in [-0.1, -0.05) is 25.8 Å². The summed E-state index contributed by atoms with van der Waals surface area (Å²) in [6, 6.07) is 0.428. The van der Waals surface area contributed by atoms with Crippen LogP contribution in [0.2, 0.25) is 0 Å². The Balaban J connectivity index is 2.65. The fourth-order valence-corrected chi connectivity index (χ4v) is 2.69. The number of hydrogen-bond donors (Lipinski definition) is 2. The van der Waals surface area contributed by atoms with Crippen LogP contribution in [-0.2, 0) is 0 Å². The molecule has 1 fully saturated rings. The molecule has 0 heterocycles. The molecule has 1 saturated carbocycles. The van der Waals surface area contributed by atoms with Crippen molar-refractivity contribution in [2.45, 2.75) is 51.5 Å². The summed E-state index contributed by atoms with van der Waals surface area (Å²) >= 11 is 0. The van der Waals surface area contributed by atoms with Gasteiger partial charge in [0, 0.05) is 6.04 Å². The van der Waals surface area contributed by atoms with Gasteiger partial charge in [0.2, 0.25) is 0 Å². The third kappa shape index (κ3) is 2.12. The molecule has 1 unspecified atom stereocenters. The highest BCUT2D eigenvalue weighted by molar-refractivity contribution is 4.95. The summed E-state index contributed by atoms with van der Waals surface area (Å²) in [7, 11) is 0. The highest BCUT2D eigenvalue weighted by Crippen LogP contribution is 2.44. The second kappa shape index (κ2) is 4.77. The van der Waals surface area contributed by atoms with E-state index in [1.54, 1.807) is 0 Å². The zero-order valence-electron chi connectivity index (χ0n) is 8.68. The van der Waals surface area contributed by atoms with Crippen LogP contribution in [0, 0.1) is 5.41 Å². The molecular weight excluding hydrogens is 160 g/mol. The van der Waals surface area contributed by atoms with Gasteiger partial charge in [0.05, 0.1) is 0 Å². The second-order valence-electron chi connectivity index (χ2n) is 4.17. The van der Waals surface area contributed by atoms with Crippen LogP contribution in [-0.4, -0.2) is 6.04 Å². The third-order valence-electron chi connectivity index (χ3n) is 3.65. The molecular formula is C11H22N2. The molecule has 0 aromatic rings. The van der Waals surface area contributed by atoms with Crippen LogP contribution in [0.3, 0.4) is 0 Å². The van der Waals surface area contributed by atoms with E-state index in [4.69, 9.17) is 5.84 Å². The van der Waals surface area contributed by atoms with Crippen molar-refractivity contribution in [1.82, 2.24) is 5.43 Å². The molecule has 0 aromatic heterocycles. The van der Waals surface area contributed by atoms with E-state index in [0.717, 1.165) is 6.42 Å². The summed E-state index contributed by atoms with van der Waals surface area (Å²) < 4.78 is 0. The van der Waals surface area contributed by atoms with E-state index in [1.807, 2.05) is 6.08 Å². The van der Waals surface area contributed by atoms with E-state index < -0.39 is 0 Å². The highest BCUT2D eigenvalue weighted by Gasteiger charge is 2.38. The molecule has 0 spiro atoms. The van der Waals surface area contributed by atoms with Gasteiger partial charge in [0.1, 0.15) is 0 Å². The van der Waals surface area contributed by atoms with Crippen molar-refractivity contribution in [3.05, 3.63) is 12.7 Å². The molecule has 3 N–H and O–H groups in total. The van der Waals surface area contributed by atoms with Crippen molar-refractivity contribution < 1.29 is 0 Å². The highest BCUT2D eigenvalue weighted by atomic mass is 15.2. The minimum atomic E-state index is 0.428. The summed E-state index contributed by atoms with van der Waals surface area (Å²) in [6.07, 6.45) is 9.57. The molecule has 13 heavy (non-hydrogen) atoms. The van der Waals surface area contributed by atoms with Crippen molar-refractivity contribution in [2.75, 3.05) is 0 Å². The van der Waals surface area contributed by atoms with Gasteiger partial charge in [0.15, 0.2) is 0 Å². The molecule has 1 atom stereocenters. The fourth-order valence-electron chi connectivity index (χ4n) is 2.69. The maximum absolute atomic E-state index is 5.60. The monoisotopic (exact) mass is 182 g/mol. The molecule has 0 saturated heterocycles. The summed E-state index contributed by atoms with van der Waals surface area (Å²) in [5, 5.41) is 0. The molecule has 0 bridgehead atoms. The molecule has 0 radical (unpaired) electrons. The smallest absolute Gasteiger partial charge is 0.0301 e. The topological polar surface area (TPSA) is 38.0 Å². The Morgan fingerprint density at radius 2 is 2.15 bits per heavy atom. The van der Waals surface area contributed by atoms with Gasteiger partial charge in [-0.2, -0.15) is 0 Å². The fraction of sp³-hybridized carbons (Fsp3) is 0.818. The normalized spacial score (nSPS) is 22.9. The van der Waals surface area contributed by atoms with Crippen molar-refractivity contribution >= 4 is 0 Å². The van der Waals surface area contributed by atoms with E-state index in [-0.39, 0.29) is 0 Å². The SMILES string of the molecule is C=CCC(NN)C1(CC)CCCC1. The zero-order valence-corrected chi connectivity index (χ0v) is 8.68. The number of nitrogens with one attached hydrogen (secondary N) is 1. The van der Waals surface area contributed by atoms with Crippen molar-refractivity contribution in [1.29, 1.82) is 0 Å². The number of hydrazine groups is 1. The first-order valence-electron chi connectivity index (χ1n) is 5.36. The predicted octanol–water partition coefficient (Wildman–Crippen LogP) is 2.36. The molecule has 76 valence electrons. The zero-order chi connectivity index (χ0) is 9.73. The number of nitrogens with two attached hydrogens (primary N) is 1. The van der Waals surface area contributed by atoms with Gasteiger partial charge >= 0.3 is 0 Å². The molecule has 2 nitrogen and oxygen atoms in total. The van der Waals surface area contributed by atoms with Crippen LogP contribution in [0.4, 0.5) is 0 Å². The Kier molecular flexibility index (Phi) is 3.94. The number of hydrogen-bond acceptors (Lipinski definition) is 2. The molecule has 2 heteroatoms. The molecule has 0 aliphatic heterocycles. The minimum Gasteiger partial charge on any atom is -0.271 e. The molecule has 0 aromatic carbocycles. The molecule has 0 amide bonds. The van der Waals surface area contributed by atoms with Crippen molar-refractivity contribution in [3.8, 4) is 0 Å². The van der Waals surface area contributed by atoms with Crippen LogP contribution in [0.25, 0.3) is 0 Å². The van der Waals surface area contributed by atoms with Gasteiger partial charge in [-0.05, 0) is 31.1 Å². The lowest BCUT2D eigenvalue weighted by Gasteiger charge is -2.36. The van der Waals surface area contributed by atoms with Crippen molar-refractivity contribution in [2.24, 2.45) is 11.3 Å². The van der Waals surface area contributed by atoms with Crippen LogP contribution in [0.15, 0.2) is 12.7 Å². The summed E-state index contributed by atoms with van der Waals surface area (Å²) in [5.41, 5.74) is 3.41. The lowest BCUT2D eigenvalue weighted by atomic mass is 9.75. The average molecular weight is 182 g/mol. The minimum absolute atomic E-state index is 0.428. The second-order valence-corrected chi connectivity index (χ2v) is 4.17. The van der Waals surface area contributed by atoms with Crippen LogP contribution >= 0.6 is 0 Å². The Hall–Kier alpha value is -0.340. The molecule has 1 aliphatic carbocycles. The predicted molar refractivity (Wildman–Crippen MR) is 57.1 cm³/mol. The van der Waals surface area contributed by atoms with Gasteiger partial charge in [-0.25, -0.2) is 0 Å². The lowest BCUT2D eigenvalue weighted by Crippen LogP contribution is -2.46. The first-order valence-corrected chi connectivity index (χ1v) is 5.36. The first-order chi connectivity index (χ1) is 6.29. The quantitative estimate of drug-likeness (QED) is 0.389. The van der Waals surface area contributed by atoms with E-state index in [9.17, 15) is 0 Å². The van der Waals surface area contributed by atoms with Crippen molar-refractivity contribution in [3.63, 3.8) is 0 Å². The van der Waals surface area contributed by atoms with Crippen LogP contribution in [0.5, 0.6) is 0 Å². The average Bonchev–Trinajstić information content (AvgIpc) is 2.63. The Morgan fingerprint density at radius 1 is 1.54 bits per heavy atom. The maximum Gasteiger partial charge on any atom is 0.0301 e. The van der Waals surface area contributed by atoms with Crippen LogP contribution in [0.1, 0.15) is 45.4 Å². The third-order valence-corrected chi connectivity index (χ3v) is 3.65. The van der Waals surface area contributed by atoms with Gasteiger partial charge in [-0.15, -0.1) is 6.58 Å². The van der Waals surface area contributed by atoms with E-state index in [2.05, 4.69) is 18.9 Å². The molecule has 1 rings (SSSR count). The number of rotatable bonds is 5. The summed E-state index contributed by atoms with van der Waals surface area (Å²) in [4.78, 5) is 0. The Bertz CT molecular complexity index is 159. The Morgan fingerprint density at radius 3 is 2.54 bits per heavy atom. The molecule has 1 aliphatic rings. The maximum atomic E-state index is 5.60. The largest absolute Gasteiger partial charge is 0.271 e.